The van der Waals surface area contributed by atoms with Crippen molar-refractivity contribution in [2.75, 3.05) is 0 Å². The van der Waals surface area contributed by atoms with Crippen LogP contribution in [0.3, 0.4) is 0 Å². The topological polar surface area (TPSA) is 68.0 Å². The summed E-state index contributed by atoms with van der Waals surface area (Å²) in [4.78, 5) is 16.9. The molecule has 2 heterocycles. The van der Waals surface area contributed by atoms with Gasteiger partial charge in [0.05, 0.1) is 25.4 Å². The Balaban J connectivity index is 2.18. The van der Waals surface area contributed by atoms with E-state index in [4.69, 9.17) is 0 Å². The molecule has 0 bridgehead atoms. The Morgan fingerprint density at radius 3 is 2.38 bits per heavy atom. The SMILES string of the molecule is CC(C)=Cc1sc(-n2nc(C)c(I)c2C(=O)O)nc1-c1ccc(C(F)(F)F)cc1. The summed E-state index contributed by atoms with van der Waals surface area (Å²) in [6.07, 6.45) is -2.57. The van der Waals surface area contributed by atoms with Crippen LogP contribution < -0.4 is 0 Å². The van der Waals surface area contributed by atoms with Crippen LogP contribution in [0.2, 0.25) is 0 Å². The number of aromatic nitrogens is 3. The lowest BCUT2D eigenvalue weighted by atomic mass is 10.1. The fraction of sp³-hybridized carbons (Fsp3) is 0.211. The van der Waals surface area contributed by atoms with Crippen LogP contribution in [0.5, 0.6) is 0 Å². The van der Waals surface area contributed by atoms with E-state index in [2.05, 4.69) is 10.1 Å². The van der Waals surface area contributed by atoms with E-state index in [0.29, 0.717) is 30.5 Å². The number of allylic oxidation sites excluding steroid dienone is 1. The molecule has 0 saturated heterocycles. The Labute approximate surface area is 182 Å². The largest absolute Gasteiger partial charge is 0.476 e. The molecule has 1 aromatic carbocycles. The predicted octanol–water partition coefficient (Wildman–Crippen LogP) is 6.05. The lowest BCUT2D eigenvalue weighted by Crippen LogP contribution is -2.09. The van der Waals surface area contributed by atoms with Gasteiger partial charge in [-0.2, -0.15) is 23.0 Å². The maximum Gasteiger partial charge on any atom is 0.416 e. The van der Waals surface area contributed by atoms with Gasteiger partial charge in [0.15, 0.2) is 5.69 Å². The van der Waals surface area contributed by atoms with Gasteiger partial charge in [-0.3, -0.25) is 0 Å². The highest BCUT2D eigenvalue weighted by Gasteiger charge is 2.30. The number of thiazole rings is 1. The van der Waals surface area contributed by atoms with E-state index in [1.807, 2.05) is 42.5 Å². The number of hydrogen-bond acceptors (Lipinski definition) is 4. The van der Waals surface area contributed by atoms with Gasteiger partial charge in [-0.15, -0.1) is 0 Å². The van der Waals surface area contributed by atoms with E-state index in [0.717, 1.165) is 17.7 Å². The van der Waals surface area contributed by atoms with Crippen molar-refractivity contribution in [3.63, 3.8) is 0 Å². The molecular weight excluding hydrogens is 518 g/mol. The number of alkyl halides is 3. The maximum absolute atomic E-state index is 12.9. The molecule has 1 N–H and O–H groups in total. The van der Waals surface area contributed by atoms with E-state index in [-0.39, 0.29) is 5.69 Å². The maximum atomic E-state index is 12.9. The lowest BCUT2D eigenvalue weighted by molar-refractivity contribution is -0.137. The van der Waals surface area contributed by atoms with Crippen LogP contribution in [0.4, 0.5) is 13.2 Å². The fourth-order valence-corrected chi connectivity index (χ4v) is 4.30. The minimum Gasteiger partial charge on any atom is -0.476 e. The van der Waals surface area contributed by atoms with Gasteiger partial charge in [-0.1, -0.05) is 29.0 Å². The summed E-state index contributed by atoms with van der Waals surface area (Å²) in [5.41, 5.74) is 1.75. The van der Waals surface area contributed by atoms with Crippen LogP contribution in [-0.2, 0) is 6.18 Å². The number of aromatic carboxylic acids is 1. The molecule has 0 atom stereocenters. The molecule has 152 valence electrons. The number of hydrogen-bond donors (Lipinski definition) is 1. The number of rotatable bonds is 4. The van der Waals surface area contributed by atoms with Crippen LogP contribution in [-0.4, -0.2) is 25.8 Å². The van der Waals surface area contributed by atoms with Crippen molar-refractivity contribution in [1.82, 2.24) is 14.8 Å². The second-order valence-corrected chi connectivity index (χ2v) is 8.56. The predicted molar refractivity (Wildman–Crippen MR) is 113 cm³/mol. The molecule has 3 rings (SSSR count). The number of nitrogens with zero attached hydrogens (tertiary/aromatic N) is 3. The molecule has 10 heteroatoms. The highest BCUT2D eigenvalue weighted by atomic mass is 127. The van der Waals surface area contributed by atoms with Crippen LogP contribution >= 0.6 is 33.9 Å². The molecule has 29 heavy (non-hydrogen) atoms. The molecule has 2 aromatic heterocycles. The standard InChI is InChI=1S/C19H15F3IN3O2S/c1-9(2)8-13-15(11-4-6-12(7-5-11)19(20,21)22)24-18(29-13)26-16(17(27)28)14(23)10(3)25-26/h4-8H,1-3H3,(H,27,28). The first kappa shape index (κ1) is 21.5. The number of benzene rings is 1. The summed E-state index contributed by atoms with van der Waals surface area (Å²) in [6.45, 7) is 5.48. The van der Waals surface area contributed by atoms with Crippen molar-refractivity contribution in [3.8, 4) is 16.4 Å². The first-order valence-electron chi connectivity index (χ1n) is 8.31. The monoisotopic (exact) mass is 533 g/mol. The van der Waals surface area contributed by atoms with Gasteiger partial charge in [-0.05, 0) is 61.6 Å². The molecule has 0 aliphatic carbocycles. The highest BCUT2D eigenvalue weighted by Crippen LogP contribution is 2.35. The summed E-state index contributed by atoms with van der Waals surface area (Å²) in [5.74, 6) is -1.13. The number of carboxylic acids is 1. The summed E-state index contributed by atoms with van der Waals surface area (Å²) in [7, 11) is 0. The number of aryl methyl sites for hydroxylation is 1. The van der Waals surface area contributed by atoms with Gasteiger partial charge in [-0.25, -0.2) is 9.78 Å². The van der Waals surface area contributed by atoms with Crippen molar-refractivity contribution < 1.29 is 23.1 Å². The second-order valence-electron chi connectivity index (χ2n) is 6.47. The van der Waals surface area contributed by atoms with Crippen LogP contribution in [0.25, 0.3) is 22.5 Å². The van der Waals surface area contributed by atoms with E-state index in [1.165, 1.54) is 28.2 Å². The van der Waals surface area contributed by atoms with E-state index < -0.39 is 17.7 Å². The van der Waals surface area contributed by atoms with Gasteiger partial charge in [0.25, 0.3) is 0 Å². The molecule has 0 aliphatic heterocycles. The Morgan fingerprint density at radius 2 is 1.86 bits per heavy atom. The average molecular weight is 533 g/mol. The molecule has 3 aromatic rings. The third-order valence-electron chi connectivity index (χ3n) is 3.92. The Bertz CT molecular complexity index is 1110. The first-order chi connectivity index (χ1) is 13.5. The minimum atomic E-state index is -4.42. The molecule has 0 amide bonds. The summed E-state index contributed by atoms with van der Waals surface area (Å²) < 4.78 is 40.4. The zero-order valence-electron chi connectivity index (χ0n) is 15.5. The third-order valence-corrected chi connectivity index (χ3v) is 6.19. The van der Waals surface area contributed by atoms with E-state index >= 15 is 0 Å². The summed E-state index contributed by atoms with van der Waals surface area (Å²) in [5, 5.41) is 14.2. The Morgan fingerprint density at radius 1 is 1.24 bits per heavy atom. The summed E-state index contributed by atoms with van der Waals surface area (Å²) in [6, 6.07) is 4.73. The molecule has 0 saturated carbocycles. The van der Waals surface area contributed by atoms with E-state index in [9.17, 15) is 23.1 Å². The van der Waals surface area contributed by atoms with Crippen LogP contribution in [0.1, 0.15) is 40.5 Å². The van der Waals surface area contributed by atoms with Gasteiger partial charge in [0, 0.05) is 5.56 Å². The average Bonchev–Trinajstić information content (AvgIpc) is 3.15. The third kappa shape index (κ3) is 4.37. The summed E-state index contributed by atoms with van der Waals surface area (Å²) >= 11 is 3.14. The van der Waals surface area contributed by atoms with Crippen molar-refractivity contribution in [2.24, 2.45) is 0 Å². The quantitative estimate of drug-likeness (QED) is 0.415. The smallest absolute Gasteiger partial charge is 0.416 e. The Hall–Kier alpha value is -2.21. The van der Waals surface area contributed by atoms with E-state index in [1.54, 1.807) is 6.92 Å². The van der Waals surface area contributed by atoms with Crippen molar-refractivity contribution in [3.05, 3.63) is 55.2 Å². The highest BCUT2D eigenvalue weighted by molar-refractivity contribution is 14.1. The number of halogens is 4. The van der Waals surface area contributed by atoms with Crippen LogP contribution in [0.15, 0.2) is 29.8 Å². The van der Waals surface area contributed by atoms with Crippen molar-refractivity contribution in [2.45, 2.75) is 26.9 Å². The normalized spacial score (nSPS) is 11.6. The molecule has 0 radical (unpaired) electrons. The molecule has 0 fully saturated rings. The van der Waals surface area contributed by atoms with Crippen LogP contribution in [0, 0.1) is 10.5 Å². The number of carboxylic acid groups (broad SMARTS) is 1. The van der Waals surface area contributed by atoms with Crippen molar-refractivity contribution >= 4 is 46.0 Å². The second kappa shape index (κ2) is 7.90. The molecule has 0 spiro atoms. The molecule has 5 nitrogen and oxygen atoms in total. The van der Waals surface area contributed by atoms with Gasteiger partial charge in [0.2, 0.25) is 5.13 Å². The first-order valence-corrected chi connectivity index (χ1v) is 10.2. The van der Waals surface area contributed by atoms with Gasteiger partial charge >= 0.3 is 12.1 Å². The lowest BCUT2D eigenvalue weighted by Gasteiger charge is -2.07. The minimum absolute atomic E-state index is 0.000399. The molecular formula is C19H15F3IN3O2S. The molecule has 0 aliphatic rings. The van der Waals surface area contributed by atoms with Crippen molar-refractivity contribution in [1.29, 1.82) is 0 Å². The van der Waals surface area contributed by atoms with Gasteiger partial charge < -0.3 is 5.11 Å². The van der Waals surface area contributed by atoms with Gasteiger partial charge in [0.1, 0.15) is 0 Å². The Kier molecular flexibility index (Phi) is 5.86. The fourth-order valence-electron chi connectivity index (χ4n) is 2.63. The zero-order chi connectivity index (χ0) is 21.5. The molecule has 0 unspecified atom stereocenters. The zero-order valence-corrected chi connectivity index (χ0v) is 18.5. The number of carbonyl (C=O) groups is 1.